The number of hydrogen-bond donors (Lipinski definition) is 1. The average Bonchev–Trinajstić information content (AvgIpc) is 3.21. The predicted molar refractivity (Wildman–Crippen MR) is 129 cm³/mol. The number of anilines is 1. The van der Waals surface area contributed by atoms with Gasteiger partial charge in [0.2, 0.25) is 7.94 Å². The van der Waals surface area contributed by atoms with Crippen molar-refractivity contribution >= 4 is 36.9 Å². The zero-order valence-corrected chi connectivity index (χ0v) is 22.2. The molecule has 2 aromatic rings. The van der Waals surface area contributed by atoms with Gasteiger partial charge in [0.25, 0.3) is 0 Å². The van der Waals surface area contributed by atoms with Gasteiger partial charge in [-0.2, -0.15) is 5.26 Å². The van der Waals surface area contributed by atoms with Crippen LogP contribution in [0.1, 0.15) is 48.0 Å². The van der Waals surface area contributed by atoms with Crippen LogP contribution in [0.15, 0.2) is 17.4 Å². The summed E-state index contributed by atoms with van der Waals surface area (Å²) in [6, 6.07) is 1.79. The highest BCUT2D eigenvalue weighted by molar-refractivity contribution is 7.43. The van der Waals surface area contributed by atoms with E-state index in [2.05, 4.69) is 19.7 Å². The Morgan fingerprint density at radius 2 is 1.97 bits per heavy atom. The van der Waals surface area contributed by atoms with Crippen LogP contribution < -0.4 is 10.6 Å². The van der Waals surface area contributed by atoms with Gasteiger partial charge in [0.05, 0.1) is 31.7 Å². The Hall–Kier alpha value is -3.20. The number of imidazole rings is 1. The van der Waals surface area contributed by atoms with Crippen molar-refractivity contribution in [2.75, 3.05) is 18.9 Å². The lowest BCUT2D eigenvalue weighted by atomic mass is 10.1. The Morgan fingerprint density at radius 3 is 2.58 bits per heavy atom. The molecule has 0 aromatic carbocycles. The van der Waals surface area contributed by atoms with Gasteiger partial charge >= 0.3 is 17.1 Å². The van der Waals surface area contributed by atoms with Gasteiger partial charge in [-0.05, 0) is 41.0 Å². The van der Waals surface area contributed by atoms with Gasteiger partial charge in [-0.3, -0.25) is 0 Å². The largest absolute Gasteiger partial charge is 0.610 e. The lowest BCUT2D eigenvalue weighted by Gasteiger charge is -2.25. The maximum Gasteiger partial charge on any atom is 0.377 e. The molecule has 2 aromatic heterocycles. The third-order valence-electron chi connectivity index (χ3n) is 4.93. The van der Waals surface area contributed by atoms with Crippen molar-refractivity contribution in [1.29, 1.82) is 5.26 Å². The highest BCUT2D eigenvalue weighted by Crippen LogP contribution is 2.40. The number of carbonyl (C=O) groups is 2. The molecule has 3 atom stereocenters. The summed E-state index contributed by atoms with van der Waals surface area (Å²) in [6.45, 7) is 9.32. The molecule has 0 aliphatic carbocycles. The van der Waals surface area contributed by atoms with Crippen LogP contribution in [0.2, 0.25) is 0 Å². The van der Waals surface area contributed by atoms with E-state index in [9.17, 15) is 19.7 Å². The molecule has 0 saturated heterocycles. The second-order valence-electron chi connectivity index (χ2n) is 8.94. The van der Waals surface area contributed by atoms with Gasteiger partial charge in [-0.1, -0.05) is 11.7 Å². The molecule has 0 bridgehead atoms. The monoisotopic (exact) mass is 521 g/mol. The third-order valence-corrected chi connectivity index (χ3v) is 6.68. The SMILES string of the molecule is CCCOC(=O)C(C)(C)N=[P+]([O-])C(C#N)(CO[C@H](C)Cn1cnc2c(N)ncnc21)C(=O)OC(C)C. The van der Waals surface area contributed by atoms with E-state index < -0.39 is 49.4 Å². The molecule has 14 heteroatoms. The number of aromatic nitrogens is 4. The minimum Gasteiger partial charge on any atom is -0.610 e. The number of hydrogen-bond acceptors (Lipinski definition) is 12. The van der Waals surface area contributed by atoms with Crippen molar-refractivity contribution in [3.8, 4) is 6.07 Å². The molecule has 0 amide bonds. The van der Waals surface area contributed by atoms with Crippen molar-refractivity contribution in [2.45, 2.75) is 77.4 Å². The first-order valence-electron chi connectivity index (χ1n) is 11.4. The van der Waals surface area contributed by atoms with E-state index in [0.717, 1.165) is 0 Å². The number of esters is 2. The lowest BCUT2D eigenvalue weighted by Crippen LogP contribution is -2.45. The smallest absolute Gasteiger partial charge is 0.377 e. The van der Waals surface area contributed by atoms with Gasteiger partial charge in [-0.25, -0.2) is 24.5 Å². The number of carbonyl (C=O) groups excluding carboxylic acids is 2. The molecule has 13 nitrogen and oxygen atoms in total. The van der Waals surface area contributed by atoms with Crippen molar-refractivity contribution in [3.63, 3.8) is 0 Å². The van der Waals surface area contributed by atoms with E-state index in [4.69, 9.17) is 19.9 Å². The highest BCUT2D eigenvalue weighted by atomic mass is 31.1. The molecule has 2 N–H and O–H groups in total. The summed E-state index contributed by atoms with van der Waals surface area (Å²) in [7, 11) is -2.99. The molecule has 2 unspecified atom stereocenters. The van der Waals surface area contributed by atoms with Crippen molar-refractivity contribution in [3.05, 3.63) is 12.7 Å². The van der Waals surface area contributed by atoms with Crippen LogP contribution >= 0.6 is 7.94 Å². The fourth-order valence-electron chi connectivity index (χ4n) is 2.97. The summed E-state index contributed by atoms with van der Waals surface area (Å²) in [5, 5.41) is 7.73. The summed E-state index contributed by atoms with van der Waals surface area (Å²) in [5.74, 6) is -1.55. The minimum atomic E-state index is -2.99. The van der Waals surface area contributed by atoms with Crippen LogP contribution in [0.3, 0.4) is 0 Å². The molecule has 0 saturated carbocycles. The number of ether oxygens (including phenoxy) is 3. The number of fused-ring (bicyclic) bond motifs is 1. The van der Waals surface area contributed by atoms with Gasteiger partial charge in [0.1, 0.15) is 24.5 Å². The van der Waals surface area contributed by atoms with Crippen LogP contribution in [0, 0.1) is 11.3 Å². The first kappa shape index (κ1) is 29.0. The first-order valence-corrected chi connectivity index (χ1v) is 12.6. The maximum atomic E-state index is 13.4. The van der Waals surface area contributed by atoms with Gasteiger partial charge in [-0.15, -0.1) is 0 Å². The second kappa shape index (κ2) is 12.2. The molecule has 196 valence electrons. The molecule has 0 aliphatic heterocycles. The summed E-state index contributed by atoms with van der Waals surface area (Å²) in [5.41, 5.74) is 5.16. The Bertz CT molecular complexity index is 1160. The van der Waals surface area contributed by atoms with Crippen molar-refractivity contribution in [1.82, 2.24) is 19.5 Å². The molecule has 2 rings (SSSR count). The Labute approximate surface area is 210 Å². The zero-order valence-electron chi connectivity index (χ0n) is 21.3. The number of nitrogen functional groups attached to an aromatic ring is 1. The van der Waals surface area contributed by atoms with E-state index in [1.807, 2.05) is 6.92 Å². The molecular formula is C22H32N7O6P. The minimum absolute atomic E-state index is 0.160. The molecular weight excluding hydrogens is 489 g/mol. The van der Waals surface area contributed by atoms with Crippen LogP contribution in [-0.4, -0.2) is 67.6 Å². The third kappa shape index (κ3) is 6.72. The summed E-state index contributed by atoms with van der Waals surface area (Å²) < 4.78 is 21.8. The number of nitriles is 1. The summed E-state index contributed by atoms with van der Waals surface area (Å²) >= 11 is 0. The van der Waals surface area contributed by atoms with E-state index in [-0.39, 0.29) is 19.0 Å². The highest BCUT2D eigenvalue weighted by Gasteiger charge is 2.54. The molecule has 0 spiro atoms. The average molecular weight is 522 g/mol. The summed E-state index contributed by atoms with van der Waals surface area (Å²) in [4.78, 5) is 51.0. The fourth-order valence-corrected chi connectivity index (χ4v) is 4.16. The first-order chi connectivity index (χ1) is 16.9. The van der Waals surface area contributed by atoms with Crippen LogP contribution in [0.5, 0.6) is 0 Å². The van der Waals surface area contributed by atoms with E-state index in [1.54, 1.807) is 31.4 Å². The number of rotatable bonds is 12. The number of nitrogens with two attached hydrogens (primary N) is 1. The molecule has 2 heterocycles. The Kier molecular flexibility index (Phi) is 9.81. The summed E-state index contributed by atoms with van der Waals surface area (Å²) in [6.07, 6.45) is 2.25. The van der Waals surface area contributed by atoms with Crippen molar-refractivity contribution < 1.29 is 28.7 Å². The van der Waals surface area contributed by atoms with Gasteiger partial charge in [0.15, 0.2) is 17.0 Å². The molecule has 36 heavy (non-hydrogen) atoms. The Morgan fingerprint density at radius 1 is 1.28 bits per heavy atom. The lowest BCUT2D eigenvalue weighted by molar-refractivity contribution is -0.170. The topological polar surface area (TPSA) is 191 Å². The van der Waals surface area contributed by atoms with Crippen LogP contribution in [0.25, 0.3) is 11.2 Å². The maximum absolute atomic E-state index is 13.4. The van der Waals surface area contributed by atoms with E-state index in [1.165, 1.54) is 26.5 Å². The van der Waals surface area contributed by atoms with Crippen LogP contribution in [-0.2, 0) is 30.3 Å². The quantitative estimate of drug-likeness (QED) is 0.316. The predicted octanol–water partition coefficient (Wildman–Crippen LogP) is 1.70. The molecule has 0 fully saturated rings. The van der Waals surface area contributed by atoms with Crippen LogP contribution in [0.4, 0.5) is 5.82 Å². The number of nitrogens with zero attached hydrogens (tertiary/aromatic N) is 6. The fraction of sp³-hybridized carbons (Fsp3) is 0.636. The molecule has 0 aliphatic rings. The van der Waals surface area contributed by atoms with E-state index in [0.29, 0.717) is 17.6 Å². The molecule has 0 radical (unpaired) electrons. The normalized spacial score (nSPS) is 14.8. The van der Waals surface area contributed by atoms with Gasteiger partial charge in [0, 0.05) is 0 Å². The van der Waals surface area contributed by atoms with Gasteiger partial charge < -0.3 is 29.4 Å². The second-order valence-corrected chi connectivity index (χ2v) is 10.5. The van der Waals surface area contributed by atoms with Crippen molar-refractivity contribution in [2.24, 2.45) is 4.74 Å². The van der Waals surface area contributed by atoms with E-state index >= 15 is 0 Å². The Balaban J connectivity index is 2.31. The zero-order chi connectivity index (χ0) is 27.1. The standard InChI is InChI=1S/C22H32N7O6P/c1-7-8-33-19(30)21(5,6)28-36(32)22(10-23,20(31)35-14(2)3)11-34-15(4)9-29-13-27-16-17(24)25-12-26-18(16)29/h12-15H,7-9,11H2,1-6H3,(H2,24,25,26)/t15-,22?/m1/s1.